The predicted molar refractivity (Wildman–Crippen MR) is 112 cm³/mol. The Morgan fingerprint density at radius 1 is 1.13 bits per heavy atom. The van der Waals surface area contributed by atoms with E-state index in [2.05, 4.69) is 15.3 Å². The normalized spacial score (nSPS) is 13.0. The van der Waals surface area contributed by atoms with Crippen LogP contribution in [0.15, 0.2) is 48.8 Å². The number of aromatic carboxylic acids is 1. The summed E-state index contributed by atoms with van der Waals surface area (Å²) in [6, 6.07) is 9.53. The molecule has 0 bridgehead atoms. The molecule has 158 valence electrons. The average Bonchev–Trinajstić information content (AvgIpc) is 3.58. The highest BCUT2D eigenvalue weighted by atomic mass is 19.1. The van der Waals surface area contributed by atoms with Crippen molar-refractivity contribution in [1.82, 2.24) is 9.97 Å². The van der Waals surface area contributed by atoms with Crippen molar-refractivity contribution in [3.63, 3.8) is 0 Å². The third-order valence-electron chi connectivity index (χ3n) is 5.01. The average molecular weight is 421 g/mol. The van der Waals surface area contributed by atoms with Gasteiger partial charge in [0.2, 0.25) is 0 Å². The molecule has 0 spiro atoms. The molecule has 1 aliphatic rings. The molecular weight excluding hydrogens is 401 g/mol. The molecule has 0 saturated heterocycles. The summed E-state index contributed by atoms with van der Waals surface area (Å²) in [4.78, 5) is 32.0. The number of benzene rings is 1. The van der Waals surface area contributed by atoms with Crippen molar-refractivity contribution in [2.75, 3.05) is 11.9 Å². The molecule has 2 aromatic heterocycles. The first-order chi connectivity index (χ1) is 14.9. The first-order valence-corrected chi connectivity index (χ1v) is 9.81. The van der Waals surface area contributed by atoms with E-state index in [-0.39, 0.29) is 16.8 Å². The lowest BCUT2D eigenvalue weighted by Crippen LogP contribution is -2.14. The van der Waals surface area contributed by atoms with Crippen LogP contribution in [0, 0.1) is 18.7 Å². The molecule has 0 atom stereocenters. The summed E-state index contributed by atoms with van der Waals surface area (Å²) in [6.45, 7) is 2.26. The van der Waals surface area contributed by atoms with Gasteiger partial charge in [-0.25, -0.2) is 9.18 Å². The largest absolute Gasteiger partial charge is 0.493 e. The highest BCUT2D eigenvalue weighted by Crippen LogP contribution is 2.30. The lowest BCUT2D eigenvalue weighted by atomic mass is 10.1. The number of nitrogens with zero attached hydrogens (tertiary/aromatic N) is 2. The van der Waals surface area contributed by atoms with Gasteiger partial charge in [-0.05, 0) is 62.1 Å². The van der Waals surface area contributed by atoms with Crippen LogP contribution in [-0.2, 0) is 0 Å². The molecule has 31 heavy (non-hydrogen) atoms. The number of aryl methyl sites for hydroxylation is 1. The summed E-state index contributed by atoms with van der Waals surface area (Å²) in [5.41, 5.74) is 1.25. The third kappa shape index (κ3) is 4.85. The molecule has 1 saturated carbocycles. The van der Waals surface area contributed by atoms with E-state index in [1.54, 1.807) is 31.2 Å². The maximum absolute atomic E-state index is 14.3. The summed E-state index contributed by atoms with van der Waals surface area (Å²) >= 11 is 0. The zero-order chi connectivity index (χ0) is 22.0. The first-order valence-electron chi connectivity index (χ1n) is 9.81. The number of halogens is 1. The Balaban J connectivity index is 1.52. The molecule has 1 aliphatic carbocycles. The summed E-state index contributed by atoms with van der Waals surface area (Å²) < 4.78 is 20.0. The second kappa shape index (κ2) is 8.51. The van der Waals surface area contributed by atoms with Gasteiger partial charge in [-0.3, -0.25) is 14.8 Å². The number of carboxylic acids is 1. The molecule has 1 aromatic carbocycles. The molecule has 1 amide bonds. The van der Waals surface area contributed by atoms with Crippen LogP contribution in [0.25, 0.3) is 11.3 Å². The molecule has 0 aliphatic heterocycles. The minimum atomic E-state index is -1.13. The smallest absolute Gasteiger partial charge is 0.337 e. The third-order valence-corrected chi connectivity index (χ3v) is 5.01. The Hall–Kier alpha value is -3.81. The highest BCUT2D eigenvalue weighted by Gasteiger charge is 2.22. The van der Waals surface area contributed by atoms with Crippen LogP contribution in [-0.4, -0.2) is 33.6 Å². The van der Waals surface area contributed by atoms with E-state index in [0.29, 0.717) is 35.2 Å². The number of rotatable bonds is 7. The molecule has 0 unspecified atom stereocenters. The van der Waals surface area contributed by atoms with E-state index < -0.39 is 17.7 Å². The van der Waals surface area contributed by atoms with Gasteiger partial charge in [0.05, 0.1) is 35.3 Å². The lowest BCUT2D eigenvalue weighted by molar-refractivity contribution is 0.0695. The number of aromatic nitrogens is 2. The molecule has 3 aromatic rings. The van der Waals surface area contributed by atoms with Crippen molar-refractivity contribution in [1.29, 1.82) is 0 Å². The van der Waals surface area contributed by atoms with Gasteiger partial charge < -0.3 is 15.2 Å². The number of carbonyl (C=O) groups excluding carboxylic acids is 1. The van der Waals surface area contributed by atoms with Gasteiger partial charge in [-0.2, -0.15) is 0 Å². The molecule has 8 heteroatoms. The second-order valence-corrected chi connectivity index (χ2v) is 7.44. The van der Waals surface area contributed by atoms with Crippen molar-refractivity contribution in [2.24, 2.45) is 5.92 Å². The van der Waals surface area contributed by atoms with Crippen LogP contribution in [0.3, 0.4) is 0 Å². The summed E-state index contributed by atoms with van der Waals surface area (Å²) in [6.07, 6.45) is 4.76. The van der Waals surface area contributed by atoms with Crippen molar-refractivity contribution in [2.45, 2.75) is 19.8 Å². The summed E-state index contributed by atoms with van der Waals surface area (Å²) in [5, 5.41) is 11.9. The number of amides is 1. The summed E-state index contributed by atoms with van der Waals surface area (Å²) in [7, 11) is 0. The van der Waals surface area contributed by atoms with Crippen molar-refractivity contribution in [3.05, 3.63) is 71.4 Å². The lowest BCUT2D eigenvalue weighted by Gasteiger charge is -2.10. The first kappa shape index (κ1) is 20.5. The predicted octanol–water partition coefficient (Wildman–Crippen LogP) is 4.33. The van der Waals surface area contributed by atoms with E-state index in [1.165, 1.54) is 31.2 Å². The Kier molecular flexibility index (Phi) is 5.62. The Morgan fingerprint density at radius 2 is 1.87 bits per heavy atom. The summed E-state index contributed by atoms with van der Waals surface area (Å²) in [5.74, 6) is -1.21. The number of anilines is 1. The Bertz CT molecular complexity index is 1140. The van der Waals surface area contributed by atoms with Crippen LogP contribution in [0.2, 0.25) is 0 Å². The molecule has 4 rings (SSSR count). The van der Waals surface area contributed by atoms with Crippen molar-refractivity contribution < 1.29 is 23.8 Å². The van der Waals surface area contributed by atoms with Crippen LogP contribution in [0.5, 0.6) is 5.75 Å². The number of carboxylic acid groups (broad SMARTS) is 1. The highest BCUT2D eigenvalue weighted by molar-refractivity contribution is 6.05. The minimum Gasteiger partial charge on any atom is -0.493 e. The fourth-order valence-electron chi connectivity index (χ4n) is 2.99. The van der Waals surface area contributed by atoms with Gasteiger partial charge in [0, 0.05) is 17.4 Å². The minimum absolute atomic E-state index is 0.0126. The SMILES string of the molecule is Cc1ncc(-c2cc(C(=O)Nc3ccc(OCC4CC4)cc3)c(F)cn2)cc1C(=O)O. The molecule has 0 radical (unpaired) electrons. The van der Waals surface area contributed by atoms with Crippen LogP contribution >= 0.6 is 0 Å². The van der Waals surface area contributed by atoms with Crippen LogP contribution < -0.4 is 10.1 Å². The van der Waals surface area contributed by atoms with Crippen LogP contribution in [0.4, 0.5) is 10.1 Å². The maximum atomic E-state index is 14.3. The zero-order valence-corrected chi connectivity index (χ0v) is 16.8. The van der Waals surface area contributed by atoms with Gasteiger partial charge >= 0.3 is 5.97 Å². The number of carbonyl (C=O) groups is 2. The standard InChI is InChI=1S/C23H20FN3O4/c1-13-18(23(29)30)8-15(10-25-13)21-9-19(20(24)11-26-21)22(28)27-16-4-6-17(7-5-16)31-12-14-2-3-14/h4-11,14H,2-3,12H2,1H3,(H,27,28)(H,29,30). The van der Waals surface area contributed by atoms with Gasteiger partial charge in [0.25, 0.3) is 5.91 Å². The van der Waals surface area contributed by atoms with Crippen LogP contribution in [0.1, 0.15) is 39.3 Å². The van der Waals surface area contributed by atoms with E-state index in [0.717, 1.165) is 6.20 Å². The zero-order valence-electron chi connectivity index (χ0n) is 16.8. The van der Waals surface area contributed by atoms with Crippen molar-refractivity contribution in [3.8, 4) is 17.0 Å². The van der Waals surface area contributed by atoms with Crippen molar-refractivity contribution >= 4 is 17.6 Å². The topological polar surface area (TPSA) is 101 Å². The molecule has 2 N–H and O–H groups in total. The molecule has 7 nitrogen and oxygen atoms in total. The molecule has 2 heterocycles. The van der Waals surface area contributed by atoms with Gasteiger partial charge in [-0.15, -0.1) is 0 Å². The Morgan fingerprint density at radius 3 is 2.55 bits per heavy atom. The maximum Gasteiger partial charge on any atom is 0.337 e. The number of hydrogen-bond acceptors (Lipinski definition) is 5. The van der Waals surface area contributed by atoms with E-state index in [9.17, 15) is 19.1 Å². The fourth-order valence-corrected chi connectivity index (χ4v) is 2.99. The van der Waals surface area contributed by atoms with Gasteiger partial charge in [-0.1, -0.05) is 0 Å². The fraction of sp³-hybridized carbons (Fsp3) is 0.217. The van der Waals surface area contributed by atoms with E-state index in [4.69, 9.17) is 4.74 Å². The van der Waals surface area contributed by atoms with E-state index >= 15 is 0 Å². The quantitative estimate of drug-likeness (QED) is 0.589. The second-order valence-electron chi connectivity index (χ2n) is 7.44. The molecule has 1 fully saturated rings. The Labute approximate surface area is 177 Å². The molecular formula is C23H20FN3O4. The number of pyridine rings is 2. The van der Waals surface area contributed by atoms with Gasteiger partial charge in [0.15, 0.2) is 5.82 Å². The van der Waals surface area contributed by atoms with Gasteiger partial charge in [0.1, 0.15) is 5.75 Å². The number of ether oxygens (including phenoxy) is 1. The number of nitrogens with one attached hydrogen (secondary N) is 1. The monoisotopic (exact) mass is 421 g/mol. The number of hydrogen-bond donors (Lipinski definition) is 2. The van der Waals surface area contributed by atoms with E-state index in [1.807, 2.05) is 0 Å².